The first-order chi connectivity index (χ1) is 8.15. The van der Waals surface area contributed by atoms with E-state index in [2.05, 4.69) is 17.3 Å². The van der Waals surface area contributed by atoms with E-state index in [1.54, 1.807) is 4.90 Å². The van der Waals surface area contributed by atoms with Crippen LogP contribution >= 0.6 is 0 Å². The van der Waals surface area contributed by atoms with Crippen molar-refractivity contribution < 1.29 is 4.79 Å². The Bertz CT molecular complexity index is 227. The Kier molecular flexibility index (Phi) is 6.52. The molecule has 1 fully saturated rings. The number of nitrogens with zero attached hydrogens (tertiary/aromatic N) is 2. The van der Waals surface area contributed by atoms with Gasteiger partial charge in [-0.15, -0.1) is 0 Å². The molecule has 0 unspecified atom stereocenters. The average Bonchev–Trinajstić information content (AvgIpc) is 2.86. The van der Waals surface area contributed by atoms with Gasteiger partial charge in [0, 0.05) is 32.7 Å². The summed E-state index contributed by atoms with van der Waals surface area (Å²) in [4.78, 5) is 15.7. The number of hydrogen-bond donors (Lipinski definition) is 1. The van der Waals surface area contributed by atoms with Gasteiger partial charge in [-0.3, -0.25) is 4.79 Å². The third kappa shape index (κ3) is 5.04. The molecule has 0 spiro atoms. The Morgan fingerprint density at radius 1 is 1.29 bits per heavy atom. The molecule has 17 heavy (non-hydrogen) atoms. The quantitative estimate of drug-likeness (QED) is 0.674. The molecule has 1 aliphatic carbocycles. The summed E-state index contributed by atoms with van der Waals surface area (Å²) >= 11 is 0. The molecule has 1 saturated carbocycles. The van der Waals surface area contributed by atoms with E-state index in [1.165, 1.54) is 25.7 Å². The van der Waals surface area contributed by atoms with Crippen molar-refractivity contribution in [2.24, 2.45) is 0 Å². The average molecular weight is 241 g/mol. The number of hydrogen-bond acceptors (Lipinski definition) is 3. The zero-order valence-corrected chi connectivity index (χ0v) is 11.5. The number of likely N-dealkylation sites (N-methyl/N-ethyl adjacent to an activating group) is 2. The van der Waals surface area contributed by atoms with Crippen LogP contribution in [0, 0.1) is 0 Å². The molecule has 0 aliphatic heterocycles. The Morgan fingerprint density at radius 3 is 2.53 bits per heavy atom. The van der Waals surface area contributed by atoms with Crippen LogP contribution in [0.4, 0.5) is 0 Å². The predicted molar refractivity (Wildman–Crippen MR) is 71.1 cm³/mol. The summed E-state index contributed by atoms with van der Waals surface area (Å²) in [5, 5.41) is 3.22. The molecule has 1 rings (SSSR count). The minimum absolute atomic E-state index is 0.177. The lowest BCUT2D eigenvalue weighted by molar-refractivity contribution is -0.128. The molecule has 4 heteroatoms. The molecular weight excluding hydrogens is 214 g/mol. The van der Waals surface area contributed by atoms with Crippen LogP contribution in [0.2, 0.25) is 0 Å². The van der Waals surface area contributed by atoms with Crippen LogP contribution in [0.5, 0.6) is 0 Å². The second-order valence-corrected chi connectivity index (χ2v) is 5.00. The molecule has 0 saturated heterocycles. The van der Waals surface area contributed by atoms with Crippen LogP contribution in [0.1, 0.15) is 32.6 Å². The number of amides is 1. The zero-order chi connectivity index (χ0) is 12.7. The molecule has 0 aromatic rings. The molecule has 1 amide bonds. The highest BCUT2D eigenvalue weighted by atomic mass is 16.2. The van der Waals surface area contributed by atoms with E-state index in [-0.39, 0.29) is 5.91 Å². The second kappa shape index (κ2) is 7.67. The number of rotatable bonds is 7. The van der Waals surface area contributed by atoms with E-state index in [0.717, 1.165) is 25.7 Å². The van der Waals surface area contributed by atoms with Crippen molar-refractivity contribution in [3.05, 3.63) is 0 Å². The van der Waals surface area contributed by atoms with Gasteiger partial charge in [-0.2, -0.15) is 0 Å². The maximum Gasteiger partial charge on any atom is 0.236 e. The molecule has 0 radical (unpaired) electrons. The highest BCUT2D eigenvalue weighted by Gasteiger charge is 2.18. The monoisotopic (exact) mass is 241 g/mol. The van der Waals surface area contributed by atoms with Crippen LogP contribution in [0.15, 0.2) is 0 Å². The molecule has 0 atom stereocenters. The van der Waals surface area contributed by atoms with Crippen LogP contribution in [-0.4, -0.2) is 62.0 Å². The third-order valence-corrected chi connectivity index (χ3v) is 3.77. The van der Waals surface area contributed by atoms with Gasteiger partial charge in [0.2, 0.25) is 5.91 Å². The third-order valence-electron chi connectivity index (χ3n) is 3.77. The molecule has 4 nitrogen and oxygen atoms in total. The molecule has 0 aromatic carbocycles. The van der Waals surface area contributed by atoms with Gasteiger partial charge in [-0.1, -0.05) is 12.8 Å². The van der Waals surface area contributed by atoms with Gasteiger partial charge >= 0.3 is 0 Å². The molecule has 1 aliphatic rings. The van der Waals surface area contributed by atoms with Gasteiger partial charge in [0.15, 0.2) is 0 Å². The van der Waals surface area contributed by atoms with Crippen LogP contribution in [-0.2, 0) is 4.79 Å². The Balaban J connectivity index is 2.05. The van der Waals surface area contributed by atoms with E-state index in [0.29, 0.717) is 6.54 Å². The predicted octanol–water partition coefficient (Wildman–Crippen LogP) is 0.929. The summed E-state index contributed by atoms with van der Waals surface area (Å²) in [6, 6.07) is 0.769. The molecule has 0 bridgehead atoms. The number of carbonyl (C=O) groups is 1. The van der Waals surface area contributed by atoms with Crippen LogP contribution in [0.3, 0.4) is 0 Å². The standard InChI is InChI=1S/C13H27N3O/c1-4-15(2)13(17)11-14-9-10-16(3)12-7-5-6-8-12/h12,14H,4-11H2,1-3H3. The minimum Gasteiger partial charge on any atom is -0.345 e. The summed E-state index contributed by atoms with van der Waals surface area (Å²) in [6.07, 6.45) is 5.44. The van der Waals surface area contributed by atoms with Crippen LogP contribution < -0.4 is 5.32 Å². The lowest BCUT2D eigenvalue weighted by atomic mass is 10.2. The molecular formula is C13H27N3O. The highest BCUT2D eigenvalue weighted by molar-refractivity contribution is 5.77. The Labute approximate surface area is 105 Å². The fourth-order valence-electron chi connectivity index (χ4n) is 2.29. The van der Waals surface area contributed by atoms with E-state index in [4.69, 9.17) is 0 Å². The van der Waals surface area contributed by atoms with Crippen molar-refractivity contribution in [2.75, 3.05) is 40.3 Å². The fraction of sp³-hybridized carbons (Fsp3) is 0.923. The molecule has 0 heterocycles. The smallest absolute Gasteiger partial charge is 0.236 e. The summed E-state index contributed by atoms with van der Waals surface area (Å²) in [5.74, 6) is 0.177. The van der Waals surface area contributed by atoms with Gasteiger partial charge < -0.3 is 15.1 Å². The minimum atomic E-state index is 0.177. The van der Waals surface area contributed by atoms with E-state index in [9.17, 15) is 4.79 Å². The largest absolute Gasteiger partial charge is 0.345 e. The highest BCUT2D eigenvalue weighted by Crippen LogP contribution is 2.21. The van der Waals surface area contributed by atoms with Crippen molar-refractivity contribution in [2.45, 2.75) is 38.6 Å². The molecule has 100 valence electrons. The van der Waals surface area contributed by atoms with Crippen molar-refractivity contribution >= 4 is 5.91 Å². The number of carbonyl (C=O) groups excluding carboxylic acids is 1. The van der Waals surface area contributed by atoms with Crippen molar-refractivity contribution in [3.63, 3.8) is 0 Å². The van der Waals surface area contributed by atoms with Gasteiger partial charge in [-0.25, -0.2) is 0 Å². The first-order valence-corrected chi connectivity index (χ1v) is 6.80. The van der Waals surface area contributed by atoms with Gasteiger partial charge in [0.25, 0.3) is 0 Å². The molecule has 1 N–H and O–H groups in total. The van der Waals surface area contributed by atoms with Gasteiger partial charge in [-0.05, 0) is 26.8 Å². The molecule has 0 aromatic heterocycles. The second-order valence-electron chi connectivity index (χ2n) is 5.00. The van der Waals surface area contributed by atoms with Crippen molar-refractivity contribution in [1.82, 2.24) is 15.1 Å². The van der Waals surface area contributed by atoms with E-state index >= 15 is 0 Å². The maximum absolute atomic E-state index is 11.5. The van der Waals surface area contributed by atoms with E-state index in [1.807, 2.05) is 14.0 Å². The fourth-order valence-corrected chi connectivity index (χ4v) is 2.29. The number of nitrogens with one attached hydrogen (secondary N) is 1. The van der Waals surface area contributed by atoms with Gasteiger partial charge in [0.05, 0.1) is 6.54 Å². The Hall–Kier alpha value is -0.610. The van der Waals surface area contributed by atoms with Crippen LogP contribution in [0.25, 0.3) is 0 Å². The van der Waals surface area contributed by atoms with Crippen molar-refractivity contribution in [1.29, 1.82) is 0 Å². The lowest BCUT2D eigenvalue weighted by Crippen LogP contribution is -2.40. The van der Waals surface area contributed by atoms with Crippen molar-refractivity contribution in [3.8, 4) is 0 Å². The summed E-state index contributed by atoms with van der Waals surface area (Å²) in [5.41, 5.74) is 0. The lowest BCUT2D eigenvalue weighted by Gasteiger charge is -2.24. The van der Waals surface area contributed by atoms with E-state index < -0.39 is 0 Å². The first-order valence-electron chi connectivity index (χ1n) is 6.80. The zero-order valence-electron chi connectivity index (χ0n) is 11.5. The summed E-state index contributed by atoms with van der Waals surface area (Å²) in [6.45, 7) is 5.17. The van der Waals surface area contributed by atoms with Gasteiger partial charge in [0.1, 0.15) is 0 Å². The SMILES string of the molecule is CCN(C)C(=O)CNCCN(C)C1CCCC1. The summed E-state index contributed by atoms with van der Waals surface area (Å²) in [7, 11) is 4.03. The normalized spacial score (nSPS) is 16.7. The maximum atomic E-state index is 11.5. The first kappa shape index (κ1) is 14.5. The summed E-state index contributed by atoms with van der Waals surface area (Å²) < 4.78 is 0. The topological polar surface area (TPSA) is 35.6 Å². The Morgan fingerprint density at radius 2 is 1.94 bits per heavy atom.